The molecule has 1 heterocycles. The van der Waals surface area contributed by atoms with Crippen molar-refractivity contribution in [3.05, 3.63) is 0 Å². The van der Waals surface area contributed by atoms with E-state index in [4.69, 9.17) is 6.42 Å². The SMILES string of the molecule is C#CC(=O)[C@@H]1CCCNC1. The molecule has 0 aromatic carbocycles. The first kappa shape index (κ1) is 7.30. The summed E-state index contributed by atoms with van der Waals surface area (Å²) in [5.41, 5.74) is 0. The van der Waals surface area contributed by atoms with E-state index in [1.54, 1.807) is 0 Å². The summed E-state index contributed by atoms with van der Waals surface area (Å²) in [6.45, 7) is 1.79. The minimum atomic E-state index is -0.0489. The van der Waals surface area contributed by atoms with Crippen LogP contribution in [0.3, 0.4) is 0 Å². The lowest BCUT2D eigenvalue weighted by atomic mass is 9.96. The van der Waals surface area contributed by atoms with Gasteiger partial charge in [0.25, 0.3) is 0 Å². The van der Waals surface area contributed by atoms with Gasteiger partial charge in [-0.3, -0.25) is 4.79 Å². The van der Waals surface area contributed by atoms with Gasteiger partial charge in [0.2, 0.25) is 5.78 Å². The highest BCUT2D eigenvalue weighted by molar-refractivity contribution is 5.96. The van der Waals surface area contributed by atoms with E-state index in [1.165, 1.54) is 0 Å². The monoisotopic (exact) mass is 137 g/mol. The minimum Gasteiger partial charge on any atom is -0.316 e. The summed E-state index contributed by atoms with van der Waals surface area (Å²) in [6, 6.07) is 0. The van der Waals surface area contributed by atoms with Crippen LogP contribution in [0, 0.1) is 18.3 Å². The standard InChI is InChI=1S/C8H11NO/c1-2-8(10)7-4-3-5-9-6-7/h1,7,9H,3-6H2/t7-/m1/s1. The van der Waals surface area contributed by atoms with Gasteiger partial charge in [0.15, 0.2) is 0 Å². The van der Waals surface area contributed by atoms with E-state index in [2.05, 4.69) is 11.2 Å². The smallest absolute Gasteiger partial charge is 0.209 e. The molecule has 0 radical (unpaired) electrons. The summed E-state index contributed by atoms with van der Waals surface area (Å²) in [7, 11) is 0. The molecule has 0 saturated carbocycles. The van der Waals surface area contributed by atoms with E-state index in [-0.39, 0.29) is 11.7 Å². The van der Waals surface area contributed by atoms with Gasteiger partial charge in [0, 0.05) is 12.5 Å². The zero-order valence-corrected chi connectivity index (χ0v) is 5.89. The average Bonchev–Trinajstić information content (AvgIpc) is 2.05. The topological polar surface area (TPSA) is 29.1 Å². The van der Waals surface area contributed by atoms with Crippen LogP contribution in [0.25, 0.3) is 0 Å². The maximum absolute atomic E-state index is 10.9. The largest absolute Gasteiger partial charge is 0.316 e. The Morgan fingerprint density at radius 1 is 1.70 bits per heavy atom. The van der Waals surface area contributed by atoms with Gasteiger partial charge in [-0.1, -0.05) is 0 Å². The Morgan fingerprint density at radius 3 is 3.00 bits per heavy atom. The van der Waals surface area contributed by atoms with Gasteiger partial charge >= 0.3 is 0 Å². The molecule has 1 rings (SSSR count). The fourth-order valence-corrected chi connectivity index (χ4v) is 1.19. The van der Waals surface area contributed by atoms with Crippen LogP contribution >= 0.6 is 0 Å². The molecule has 1 aliphatic heterocycles. The van der Waals surface area contributed by atoms with Gasteiger partial charge in [0.05, 0.1) is 0 Å². The van der Waals surface area contributed by atoms with Crippen molar-refractivity contribution in [1.82, 2.24) is 5.32 Å². The van der Waals surface area contributed by atoms with Crippen molar-refractivity contribution >= 4 is 5.78 Å². The number of carbonyl (C=O) groups excluding carboxylic acids is 1. The molecule has 0 aromatic rings. The van der Waals surface area contributed by atoms with Gasteiger partial charge in [-0.05, 0) is 25.3 Å². The summed E-state index contributed by atoms with van der Waals surface area (Å²) in [4.78, 5) is 10.9. The first-order valence-corrected chi connectivity index (χ1v) is 3.56. The van der Waals surface area contributed by atoms with Crippen molar-refractivity contribution in [2.24, 2.45) is 5.92 Å². The highest BCUT2D eigenvalue weighted by atomic mass is 16.1. The predicted octanol–water partition coefficient (Wildman–Crippen LogP) is 0.188. The normalized spacial score (nSPS) is 25.3. The fourth-order valence-electron chi connectivity index (χ4n) is 1.19. The van der Waals surface area contributed by atoms with Crippen LogP contribution < -0.4 is 5.32 Å². The number of carbonyl (C=O) groups is 1. The summed E-state index contributed by atoms with van der Waals surface area (Å²) in [5, 5.41) is 3.13. The molecule has 1 atom stereocenters. The number of hydrogen-bond donors (Lipinski definition) is 1. The number of Topliss-reactive ketones (excluding diaryl/α,β-unsaturated/α-hetero) is 1. The molecule has 1 saturated heterocycles. The van der Waals surface area contributed by atoms with Gasteiger partial charge in [0.1, 0.15) is 0 Å². The van der Waals surface area contributed by atoms with Crippen molar-refractivity contribution in [2.45, 2.75) is 12.8 Å². The molecular formula is C8H11NO. The zero-order valence-electron chi connectivity index (χ0n) is 5.89. The van der Waals surface area contributed by atoms with E-state index >= 15 is 0 Å². The molecule has 0 aromatic heterocycles. The predicted molar refractivity (Wildman–Crippen MR) is 39.4 cm³/mol. The Balaban J connectivity index is 2.40. The average molecular weight is 137 g/mol. The molecule has 2 nitrogen and oxygen atoms in total. The van der Waals surface area contributed by atoms with Crippen molar-refractivity contribution in [3.63, 3.8) is 0 Å². The number of piperidine rings is 1. The van der Waals surface area contributed by atoms with Gasteiger partial charge in [-0.15, -0.1) is 6.42 Å². The fraction of sp³-hybridized carbons (Fsp3) is 0.625. The minimum absolute atomic E-state index is 0.0489. The molecule has 1 aliphatic rings. The van der Waals surface area contributed by atoms with Crippen LogP contribution in [-0.4, -0.2) is 18.9 Å². The molecule has 0 unspecified atom stereocenters. The highest BCUT2D eigenvalue weighted by Crippen LogP contribution is 2.09. The maximum Gasteiger partial charge on any atom is 0.209 e. The second-order valence-electron chi connectivity index (χ2n) is 2.55. The molecule has 0 aliphatic carbocycles. The van der Waals surface area contributed by atoms with Gasteiger partial charge in [-0.2, -0.15) is 0 Å². The van der Waals surface area contributed by atoms with Crippen molar-refractivity contribution in [1.29, 1.82) is 0 Å². The summed E-state index contributed by atoms with van der Waals surface area (Å²) in [6.07, 6.45) is 7.00. The lowest BCUT2D eigenvalue weighted by molar-refractivity contribution is -0.117. The van der Waals surface area contributed by atoms with Gasteiger partial charge in [-0.25, -0.2) is 0 Å². The number of ketones is 1. The van der Waals surface area contributed by atoms with Crippen molar-refractivity contribution in [2.75, 3.05) is 13.1 Å². The Bertz CT molecular complexity index is 163. The molecular weight excluding hydrogens is 126 g/mol. The van der Waals surface area contributed by atoms with Crippen LogP contribution in [0.2, 0.25) is 0 Å². The van der Waals surface area contributed by atoms with Crippen LogP contribution in [0.4, 0.5) is 0 Å². The quantitative estimate of drug-likeness (QED) is 0.413. The van der Waals surface area contributed by atoms with E-state index in [0.717, 1.165) is 25.9 Å². The first-order chi connectivity index (χ1) is 4.84. The van der Waals surface area contributed by atoms with Gasteiger partial charge < -0.3 is 5.32 Å². The van der Waals surface area contributed by atoms with Crippen molar-refractivity contribution < 1.29 is 4.79 Å². The highest BCUT2D eigenvalue weighted by Gasteiger charge is 2.18. The second kappa shape index (κ2) is 3.38. The summed E-state index contributed by atoms with van der Waals surface area (Å²) >= 11 is 0. The molecule has 0 spiro atoms. The zero-order chi connectivity index (χ0) is 7.40. The number of nitrogens with one attached hydrogen (secondary N) is 1. The Kier molecular flexibility index (Phi) is 2.47. The summed E-state index contributed by atoms with van der Waals surface area (Å²) in [5.74, 6) is 2.19. The van der Waals surface area contributed by atoms with Crippen LogP contribution in [0.15, 0.2) is 0 Å². The van der Waals surface area contributed by atoms with Crippen LogP contribution in [0.1, 0.15) is 12.8 Å². The summed E-state index contributed by atoms with van der Waals surface area (Å²) < 4.78 is 0. The lowest BCUT2D eigenvalue weighted by Gasteiger charge is -2.18. The van der Waals surface area contributed by atoms with E-state index < -0.39 is 0 Å². The van der Waals surface area contributed by atoms with E-state index in [9.17, 15) is 4.79 Å². The third-order valence-electron chi connectivity index (χ3n) is 1.81. The third kappa shape index (κ3) is 1.58. The Labute approximate surface area is 61.0 Å². The molecule has 0 bridgehead atoms. The molecule has 10 heavy (non-hydrogen) atoms. The molecule has 2 heteroatoms. The Morgan fingerprint density at radius 2 is 2.50 bits per heavy atom. The maximum atomic E-state index is 10.9. The van der Waals surface area contributed by atoms with Crippen molar-refractivity contribution in [3.8, 4) is 12.3 Å². The molecule has 0 amide bonds. The van der Waals surface area contributed by atoms with E-state index in [1.807, 2.05) is 0 Å². The number of terminal acetylenes is 1. The number of hydrogen-bond acceptors (Lipinski definition) is 2. The molecule has 54 valence electrons. The molecule has 1 N–H and O–H groups in total. The molecule has 1 fully saturated rings. The van der Waals surface area contributed by atoms with Crippen LogP contribution in [0.5, 0.6) is 0 Å². The Hall–Kier alpha value is -0.810. The first-order valence-electron chi connectivity index (χ1n) is 3.56. The number of rotatable bonds is 1. The lowest BCUT2D eigenvalue weighted by Crippen LogP contribution is -2.33. The van der Waals surface area contributed by atoms with Crippen LogP contribution in [-0.2, 0) is 4.79 Å². The van der Waals surface area contributed by atoms with E-state index in [0.29, 0.717) is 0 Å². The second-order valence-corrected chi connectivity index (χ2v) is 2.55. The third-order valence-corrected chi connectivity index (χ3v) is 1.81.